The lowest BCUT2D eigenvalue weighted by Crippen LogP contribution is -2.41. The number of amides is 1. The van der Waals surface area contributed by atoms with Gasteiger partial charge in [-0.2, -0.15) is 0 Å². The molecule has 0 spiro atoms. The number of hydrogen-bond donors (Lipinski definition) is 1. The highest BCUT2D eigenvalue weighted by Crippen LogP contribution is 2.23. The van der Waals surface area contributed by atoms with Gasteiger partial charge >= 0.3 is 0 Å². The van der Waals surface area contributed by atoms with Crippen LogP contribution in [0.4, 0.5) is 0 Å². The number of aromatic nitrogens is 2. The maximum atomic E-state index is 12.6. The summed E-state index contributed by atoms with van der Waals surface area (Å²) < 4.78 is 7.77. The molecule has 24 heavy (non-hydrogen) atoms. The molecule has 1 aliphatic rings. The quantitative estimate of drug-likeness (QED) is 0.887. The fraction of sp³-hybridized carbons (Fsp3) is 0.474. The van der Waals surface area contributed by atoms with Crippen molar-refractivity contribution in [2.24, 2.45) is 5.92 Å². The molecule has 1 fully saturated rings. The van der Waals surface area contributed by atoms with E-state index in [-0.39, 0.29) is 17.9 Å². The van der Waals surface area contributed by atoms with Gasteiger partial charge in [-0.15, -0.1) is 0 Å². The topological polar surface area (TPSA) is 56.1 Å². The molecule has 5 heteroatoms. The zero-order valence-corrected chi connectivity index (χ0v) is 14.1. The van der Waals surface area contributed by atoms with Crippen LogP contribution in [0.3, 0.4) is 0 Å². The van der Waals surface area contributed by atoms with Gasteiger partial charge in [-0.25, -0.2) is 4.98 Å². The molecular formula is C19H25N3O2. The zero-order chi connectivity index (χ0) is 16.8. The number of ether oxygens (including phenoxy) is 1. The van der Waals surface area contributed by atoms with E-state index in [1.54, 1.807) is 12.5 Å². The summed E-state index contributed by atoms with van der Waals surface area (Å²) in [6, 6.07) is 8.21. The van der Waals surface area contributed by atoms with Crippen molar-refractivity contribution < 1.29 is 9.53 Å². The first-order chi connectivity index (χ1) is 11.8. The third-order valence-corrected chi connectivity index (χ3v) is 4.66. The van der Waals surface area contributed by atoms with Crippen molar-refractivity contribution >= 4 is 5.91 Å². The SMILES string of the molecule is CC[C@H]1OCCC[C@H]1C(=O)NCc1ccccc1Cn1ccnc1. The molecule has 1 aromatic heterocycles. The summed E-state index contributed by atoms with van der Waals surface area (Å²) in [7, 11) is 0. The van der Waals surface area contributed by atoms with Gasteiger partial charge in [-0.3, -0.25) is 4.79 Å². The molecule has 1 aromatic carbocycles. The molecule has 0 bridgehead atoms. The lowest BCUT2D eigenvalue weighted by Gasteiger charge is -2.30. The van der Waals surface area contributed by atoms with E-state index in [0.717, 1.165) is 38.0 Å². The van der Waals surface area contributed by atoms with Gasteiger partial charge in [0.15, 0.2) is 0 Å². The fourth-order valence-electron chi connectivity index (χ4n) is 3.32. The molecule has 0 unspecified atom stereocenters. The Balaban J connectivity index is 1.63. The van der Waals surface area contributed by atoms with Crippen LogP contribution in [0.15, 0.2) is 43.0 Å². The van der Waals surface area contributed by atoms with Crippen LogP contribution < -0.4 is 5.32 Å². The third kappa shape index (κ3) is 4.03. The molecule has 3 rings (SSSR count). The van der Waals surface area contributed by atoms with Crippen LogP contribution in [0.25, 0.3) is 0 Å². The summed E-state index contributed by atoms with van der Waals surface area (Å²) in [5, 5.41) is 3.11. The highest BCUT2D eigenvalue weighted by Gasteiger charge is 2.30. The highest BCUT2D eigenvalue weighted by molar-refractivity contribution is 5.79. The zero-order valence-electron chi connectivity index (χ0n) is 14.1. The Hall–Kier alpha value is -2.14. The Morgan fingerprint density at radius 1 is 1.38 bits per heavy atom. The molecule has 0 saturated carbocycles. The van der Waals surface area contributed by atoms with Crippen LogP contribution in [-0.2, 0) is 22.6 Å². The number of carbonyl (C=O) groups is 1. The number of nitrogens with one attached hydrogen (secondary N) is 1. The normalized spacial score (nSPS) is 20.7. The minimum absolute atomic E-state index is 0.0236. The minimum atomic E-state index is -0.0236. The first kappa shape index (κ1) is 16.7. The van der Waals surface area contributed by atoms with Crippen LogP contribution in [0.1, 0.15) is 37.3 Å². The van der Waals surface area contributed by atoms with Crippen molar-refractivity contribution in [1.29, 1.82) is 0 Å². The van der Waals surface area contributed by atoms with E-state index in [1.807, 2.05) is 22.9 Å². The number of carbonyl (C=O) groups excluding carboxylic acids is 1. The van der Waals surface area contributed by atoms with Gasteiger partial charge in [0.25, 0.3) is 0 Å². The van der Waals surface area contributed by atoms with Gasteiger partial charge < -0.3 is 14.6 Å². The number of imidazole rings is 1. The van der Waals surface area contributed by atoms with E-state index < -0.39 is 0 Å². The first-order valence-electron chi connectivity index (χ1n) is 8.69. The minimum Gasteiger partial charge on any atom is -0.377 e. The number of benzene rings is 1. The molecule has 128 valence electrons. The molecule has 2 aromatic rings. The van der Waals surface area contributed by atoms with Crippen molar-refractivity contribution in [2.75, 3.05) is 6.61 Å². The van der Waals surface area contributed by atoms with Gasteiger partial charge in [0.05, 0.1) is 18.3 Å². The van der Waals surface area contributed by atoms with Crippen LogP contribution in [-0.4, -0.2) is 28.2 Å². The molecule has 1 saturated heterocycles. The Bertz CT molecular complexity index is 654. The second kappa shape index (κ2) is 8.11. The van der Waals surface area contributed by atoms with Gasteiger partial charge in [-0.05, 0) is 30.4 Å². The van der Waals surface area contributed by atoms with Crippen LogP contribution >= 0.6 is 0 Å². The van der Waals surface area contributed by atoms with E-state index in [4.69, 9.17) is 4.74 Å². The van der Waals surface area contributed by atoms with E-state index in [1.165, 1.54) is 5.56 Å². The molecule has 0 radical (unpaired) electrons. The second-order valence-corrected chi connectivity index (χ2v) is 6.29. The Morgan fingerprint density at radius 3 is 2.96 bits per heavy atom. The van der Waals surface area contributed by atoms with E-state index in [9.17, 15) is 4.79 Å². The average Bonchev–Trinajstić information content (AvgIpc) is 3.13. The predicted molar refractivity (Wildman–Crippen MR) is 92.4 cm³/mol. The molecule has 2 heterocycles. The van der Waals surface area contributed by atoms with Crippen LogP contribution in [0.2, 0.25) is 0 Å². The van der Waals surface area contributed by atoms with E-state index in [2.05, 4.69) is 29.4 Å². The summed E-state index contributed by atoms with van der Waals surface area (Å²) in [4.78, 5) is 16.6. The van der Waals surface area contributed by atoms with Crippen molar-refractivity contribution in [2.45, 2.75) is 45.4 Å². The van der Waals surface area contributed by atoms with Gasteiger partial charge in [-0.1, -0.05) is 31.2 Å². The molecular weight excluding hydrogens is 302 g/mol. The highest BCUT2D eigenvalue weighted by atomic mass is 16.5. The fourth-order valence-corrected chi connectivity index (χ4v) is 3.32. The molecule has 1 amide bonds. The third-order valence-electron chi connectivity index (χ3n) is 4.66. The van der Waals surface area contributed by atoms with Crippen molar-refractivity contribution in [3.63, 3.8) is 0 Å². The van der Waals surface area contributed by atoms with Crippen LogP contribution in [0, 0.1) is 5.92 Å². The van der Waals surface area contributed by atoms with Crippen molar-refractivity contribution in [3.8, 4) is 0 Å². The average molecular weight is 327 g/mol. The maximum absolute atomic E-state index is 12.6. The molecule has 5 nitrogen and oxygen atoms in total. The molecule has 2 atom stereocenters. The molecule has 1 N–H and O–H groups in total. The Labute approximate surface area is 143 Å². The smallest absolute Gasteiger partial charge is 0.225 e. The maximum Gasteiger partial charge on any atom is 0.225 e. The summed E-state index contributed by atoms with van der Waals surface area (Å²) in [5.74, 6) is 0.0866. The lowest BCUT2D eigenvalue weighted by molar-refractivity contribution is -0.134. The largest absolute Gasteiger partial charge is 0.377 e. The summed E-state index contributed by atoms with van der Waals surface area (Å²) >= 11 is 0. The standard InChI is InChI=1S/C19H25N3O2/c1-2-18-17(8-5-11-24-18)19(23)21-12-15-6-3-4-7-16(15)13-22-10-9-20-14-22/h3-4,6-7,9-10,14,17-18H,2,5,8,11-13H2,1H3,(H,21,23)/t17-,18-/m1/s1. The Morgan fingerprint density at radius 2 is 2.21 bits per heavy atom. The van der Waals surface area contributed by atoms with Gasteiger partial charge in [0, 0.05) is 32.1 Å². The first-order valence-corrected chi connectivity index (χ1v) is 8.69. The van der Waals surface area contributed by atoms with Crippen molar-refractivity contribution in [1.82, 2.24) is 14.9 Å². The number of hydrogen-bond acceptors (Lipinski definition) is 3. The summed E-state index contributed by atoms with van der Waals surface area (Å²) in [6.07, 6.45) is 8.35. The van der Waals surface area contributed by atoms with Gasteiger partial charge in [0.2, 0.25) is 5.91 Å². The van der Waals surface area contributed by atoms with Gasteiger partial charge in [0.1, 0.15) is 0 Å². The summed E-state index contributed by atoms with van der Waals surface area (Å²) in [6.45, 7) is 4.17. The monoisotopic (exact) mass is 327 g/mol. The molecule has 1 aliphatic heterocycles. The lowest BCUT2D eigenvalue weighted by atomic mass is 9.91. The van der Waals surface area contributed by atoms with E-state index >= 15 is 0 Å². The van der Waals surface area contributed by atoms with Crippen LogP contribution in [0.5, 0.6) is 0 Å². The second-order valence-electron chi connectivity index (χ2n) is 6.29. The number of nitrogens with zero attached hydrogens (tertiary/aromatic N) is 2. The van der Waals surface area contributed by atoms with E-state index in [0.29, 0.717) is 6.54 Å². The van der Waals surface area contributed by atoms with Crippen molar-refractivity contribution in [3.05, 3.63) is 54.1 Å². The summed E-state index contributed by atoms with van der Waals surface area (Å²) in [5.41, 5.74) is 2.34. The predicted octanol–water partition coefficient (Wildman–Crippen LogP) is 2.75. The molecule has 0 aliphatic carbocycles. The number of rotatable bonds is 6. The Kier molecular flexibility index (Phi) is 5.64.